The molecule has 1 aromatic rings. The average molecular weight is 271 g/mol. The van der Waals surface area contributed by atoms with Crippen LogP contribution in [0.3, 0.4) is 0 Å². The fraction of sp³-hybridized carbons (Fsp3) is 0.417. The highest BCUT2D eigenvalue weighted by atomic mass is 19.1. The average Bonchev–Trinajstić information content (AvgIpc) is 2.33. The van der Waals surface area contributed by atoms with Gasteiger partial charge in [-0.3, -0.25) is 10.1 Å². The molecule has 6 nitrogen and oxygen atoms in total. The lowest BCUT2D eigenvalue weighted by atomic mass is 10.1. The number of nitro groups is 1. The lowest BCUT2D eigenvalue weighted by Crippen LogP contribution is -2.27. The van der Waals surface area contributed by atoms with Crippen molar-refractivity contribution in [3.63, 3.8) is 0 Å². The summed E-state index contributed by atoms with van der Waals surface area (Å²) in [4.78, 5) is 21.0. The number of carbonyl (C=O) groups is 1. The van der Waals surface area contributed by atoms with Crippen molar-refractivity contribution in [1.29, 1.82) is 0 Å². The SMILES string of the molecule is CCCCC(Oc1cc(F)ccc1[N+](=O)[O-])C(=O)O. The van der Waals surface area contributed by atoms with Crippen molar-refractivity contribution in [2.45, 2.75) is 32.3 Å². The van der Waals surface area contributed by atoms with Crippen LogP contribution < -0.4 is 4.74 Å². The fourth-order valence-electron chi connectivity index (χ4n) is 1.51. The molecule has 0 radical (unpaired) electrons. The van der Waals surface area contributed by atoms with Gasteiger partial charge >= 0.3 is 11.7 Å². The number of rotatable bonds is 7. The molecule has 0 aliphatic heterocycles. The summed E-state index contributed by atoms with van der Waals surface area (Å²) in [6.45, 7) is 1.88. The quantitative estimate of drug-likeness (QED) is 0.608. The maximum Gasteiger partial charge on any atom is 0.344 e. The Morgan fingerprint density at radius 3 is 2.79 bits per heavy atom. The highest BCUT2D eigenvalue weighted by molar-refractivity contribution is 5.73. The molecule has 7 heteroatoms. The second kappa shape index (κ2) is 6.67. The predicted molar refractivity (Wildman–Crippen MR) is 64.6 cm³/mol. The maximum atomic E-state index is 13.1. The van der Waals surface area contributed by atoms with Crippen LogP contribution in [0, 0.1) is 15.9 Å². The summed E-state index contributed by atoms with van der Waals surface area (Å²) >= 11 is 0. The predicted octanol–water partition coefficient (Wildman–Crippen LogP) is 2.76. The van der Waals surface area contributed by atoms with Crippen LogP contribution in [0.25, 0.3) is 0 Å². The molecular weight excluding hydrogens is 257 g/mol. The second-order valence-corrected chi connectivity index (χ2v) is 3.96. The molecule has 1 N–H and O–H groups in total. The molecule has 19 heavy (non-hydrogen) atoms. The number of nitrogens with zero attached hydrogens (tertiary/aromatic N) is 1. The van der Waals surface area contributed by atoms with E-state index in [4.69, 9.17) is 9.84 Å². The lowest BCUT2D eigenvalue weighted by Gasteiger charge is -2.14. The number of halogens is 1. The zero-order valence-corrected chi connectivity index (χ0v) is 10.3. The molecule has 0 amide bonds. The van der Waals surface area contributed by atoms with Crippen molar-refractivity contribution in [3.05, 3.63) is 34.1 Å². The van der Waals surface area contributed by atoms with E-state index in [-0.39, 0.29) is 12.2 Å². The Kier molecular flexibility index (Phi) is 5.23. The molecular formula is C12H14FNO5. The van der Waals surface area contributed by atoms with Crippen LogP contribution in [0.2, 0.25) is 0 Å². The first-order valence-electron chi connectivity index (χ1n) is 5.79. The van der Waals surface area contributed by atoms with Gasteiger partial charge in [0.15, 0.2) is 6.10 Å². The molecule has 1 aromatic carbocycles. The number of nitro benzene ring substituents is 1. The van der Waals surface area contributed by atoms with Crippen LogP contribution in [0.4, 0.5) is 10.1 Å². The molecule has 0 saturated heterocycles. The van der Waals surface area contributed by atoms with Gasteiger partial charge in [0.1, 0.15) is 5.82 Å². The van der Waals surface area contributed by atoms with Crippen molar-refractivity contribution >= 4 is 11.7 Å². The molecule has 0 aliphatic carbocycles. The third kappa shape index (κ3) is 4.20. The van der Waals surface area contributed by atoms with Gasteiger partial charge in [-0.15, -0.1) is 0 Å². The van der Waals surface area contributed by atoms with Gasteiger partial charge in [0, 0.05) is 12.1 Å². The first-order valence-corrected chi connectivity index (χ1v) is 5.79. The van der Waals surface area contributed by atoms with Gasteiger partial charge in [0.2, 0.25) is 5.75 Å². The van der Waals surface area contributed by atoms with Gasteiger partial charge < -0.3 is 9.84 Å². The number of unbranched alkanes of at least 4 members (excludes halogenated alkanes) is 1. The van der Waals surface area contributed by atoms with Gasteiger partial charge in [-0.1, -0.05) is 13.3 Å². The zero-order valence-electron chi connectivity index (χ0n) is 10.3. The van der Waals surface area contributed by atoms with Crippen molar-refractivity contribution in [2.75, 3.05) is 0 Å². The molecule has 0 saturated carbocycles. The minimum atomic E-state index is -1.23. The minimum absolute atomic E-state index is 0.208. The van der Waals surface area contributed by atoms with Crippen LogP contribution >= 0.6 is 0 Å². The van der Waals surface area contributed by atoms with E-state index in [1.54, 1.807) is 0 Å². The number of aliphatic carboxylic acids is 1. The smallest absolute Gasteiger partial charge is 0.344 e. The summed E-state index contributed by atoms with van der Waals surface area (Å²) in [6, 6.07) is 2.69. The summed E-state index contributed by atoms with van der Waals surface area (Å²) < 4.78 is 18.1. The largest absolute Gasteiger partial charge is 0.479 e. The normalized spacial score (nSPS) is 11.9. The van der Waals surface area contributed by atoms with E-state index in [1.807, 2.05) is 6.92 Å². The zero-order chi connectivity index (χ0) is 14.4. The van der Waals surface area contributed by atoms with Gasteiger partial charge in [-0.2, -0.15) is 0 Å². The third-order valence-corrected chi connectivity index (χ3v) is 2.48. The van der Waals surface area contributed by atoms with Crippen molar-refractivity contribution < 1.29 is 24.0 Å². The molecule has 1 unspecified atom stereocenters. The lowest BCUT2D eigenvalue weighted by molar-refractivity contribution is -0.386. The molecule has 0 aromatic heterocycles. The molecule has 104 valence electrons. The molecule has 0 aliphatic rings. The van der Waals surface area contributed by atoms with E-state index in [9.17, 15) is 19.3 Å². The highest BCUT2D eigenvalue weighted by Gasteiger charge is 2.24. The van der Waals surface area contributed by atoms with Crippen molar-refractivity contribution in [1.82, 2.24) is 0 Å². The molecule has 0 bridgehead atoms. The summed E-state index contributed by atoms with van der Waals surface area (Å²) in [5.74, 6) is -2.32. The Morgan fingerprint density at radius 2 is 2.26 bits per heavy atom. The summed E-state index contributed by atoms with van der Waals surface area (Å²) in [5.41, 5.74) is -0.454. The van der Waals surface area contributed by atoms with E-state index >= 15 is 0 Å². The summed E-state index contributed by atoms with van der Waals surface area (Å²) in [7, 11) is 0. The molecule has 0 spiro atoms. The summed E-state index contributed by atoms with van der Waals surface area (Å²) in [5, 5.41) is 19.7. The number of ether oxygens (including phenoxy) is 1. The molecule has 0 heterocycles. The molecule has 1 rings (SSSR count). The van der Waals surface area contributed by atoms with Gasteiger partial charge in [0.25, 0.3) is 0 Å². The van der Waals surface area contributed by atoms with Crippen LogP contribution in [0.5, 0.6) is 5.75 Å². The van der Waals surface area contributed by atoms with E-state index < -0.39 is 28.5 Å². The number of carboxylic acids is 1. The molecule has 0 fully saturated rings. The second-order valence-electron chi connectivity index (χ2n) is 3.96. The first-order chi connectivity index (χ1) is 8.95. The van der Waals surface area contributed by atoms with E-state index in [2.05, 4.69) is 0 Å². The highest BCUT2D eigenvalue weighted by Crippen LogP contribution is 2.29. The van der Waals surface area contributed by atoms with Crippen LogP contribution in [-0.2, 0) is 4.79 Å². The monoisotopic (exact) mass is 271 g/mol. The maximum absolute atomic E-state index is 13.1. The van der Waals surface area contributed by atoms with E-state index in [0.29, 0.717) is 6.42 Å². The van der Waals surface area contributed by atoms with E-state index in [1.165, 1.54) is 0 Å². The molecule has 1 atom stereocenters. The van der Waals surface area contributed by atoms with Crippen molar-refractivity contribution in [2.24, 2.45) is 0 Å². The number of hydrogen-bond donors (Lipinski definition) is 1. The van der Waals surface area contributed by atoms with Gasteiger partial charge in [0.05, 0.1) is 4.92 Å². The first kappa shape index (κ1) is 14.9. The third-order valence-electron chi connectivity index (χ3n) is 2.48. The Balaban J connectivity index is 2.97. The van der Waals surface area contributed by atoms with Crippen molar-refractivity contribution in [3.8, 4) is 5.75 Å². The van der Waals surface area contributed by atoms with Gasteiger partial charge in [-0.25, -0.2) is 9.18 Å². The Bertz CT molecular complexity index is 477. The van der Waals surface area contributed by atoms with E-state index in [0.717, 1.165) is 24.6 Å². The minimum Gasteiger partial charge on any atom is -0.479 e. The number of benzene rings is 1. The van der Waals surface area contributed by atoms with Crippen LogP contribution in [0.15, 0.2) is 18.2 Å². The topological polar surface area (TPSA) is 89.7 Å². The Morgan fingerprint density at radius 1 is 1.58 bits per heavy atom. The standard InChI is InChI=1S/C12H14FNO5/c1-2-3-4-10(12(15)16)19-11-7-8(13)5-6-9(11)14(17)18/h5-7,10H,2-4H2,1H3,(H,15,16). The summed E-state index contributed by atoms with van der Waals surface area (Å²) in [6.07, 6.45) is 0.346. The Labute approximate surface area is 109 Å². The Hall–Kier alpha value is -2.18. The fourth-order valence-corrected chi connectivity index (χ4v) is 1.51. The van der Waals surface area contributed by atoms with Crippen LogP contribution in [0.1, 0.15) is 26.2 Å². The van der Waals surface area contributed by atoms with Gasteiger partial charge in [-0.05, 0) is 18.9 Å². The number of carboxylic acid groups (broad SMARTS) is 1. The number of hydrogen-bond acceptors (Lipinski definition) is 4. The van der Waals surface area contributed by atoms with Crippen LogP contribution in [-0.4, -0.2) is 22.1 Å².